The molecule has 0 aliphatic rings. The van der Waals surface area contributed by atoms with Crippen molar-refractivity contribution in [1.82, 2.24) is 0 Å². The minimum absolute atomic E-state index is 1.25. The summed E-state index contributed by atoms with van der Waals surface area (Å²) in [6.45, 7) is 4.25. The van der Waals surface area contributed by atoms with Gasteiger partial charge in [-0.2, -0.15) is 0 Å². The van der Waals surface area contributed by atoms with Crippen LogP contribution >= 0.6 is 30.1 Å². The van der Waals surface area contributed by atoms with E-state index >= 15 is 0 Å². The number of hydrogen-bond donors (Lipinski definition) is 0. The van der Waals surface area contributed by atoms with Gasteiger partial charge >= 0.3 is 11.4 Å². The normalized spacial score (nSPS) is 6.43. The second-order valence-corrected chi connectivity index (χ2v) is 7.39. The maximum Gasteiger partial charge on any atom is 0.643 e. The Morgan fingerprint density at radius 3 is 1.14 bits per heavy atom. The van der Waals surface area contributed by atoms with Crippen LogP contribution in [0, 0.1) is 0 Å². The second-order valence-electron chi connectivity index (χ2n) is 0.955. The molecule has 0 nitrogen and oxygen atoms in total. The van der Waals surface area contributed by atoms with Crippen molar-refractivity contribution < 1.29 is 0 Å². The fourth-order valence-corrected chi connectivity index (χ4v) is 0. The van der Waals surface area contributed by atoms with Crippen molar-refractivity contribution in [2.75, 3.05) is 0 Å². The molecule has 0 fully saturated rings. The highest BCUT2D eigenvalue weighted by molar-refractivity contribution is 7.54. The monoisotopic (exact) mass is 176 g/mol. The molecule has 0 aromatic carbocycles. The van der Waals surface area contributed by atoms with Crippen LogP contribution in [-0.4, -0.2) is 11.4 Å². The van der Waals surface area contributed by atoms with Crippen LogP contribution in [0.4, 0.5) is 0 Å². The van der Waals surface area contributed by atoms with Crippen LogP contribution in [-0.2, 0) is 0 Å². The van der Waals surface area contributed by atoms with E-state index in [9.17, 15) is 0 Å². The van der Waals surface area contributed by atoms with E-state index in [4.69, 9.17) is 30.1 Å². The van der Waals surface area contributed by atoms with Crippen molar-refractivity contribution >= 4 is 41.5 Å². The molecule has 0 rings (SSSR count). The summed E-state index contributed by atoms with van der Waals surface area (Å²) < 4.78 is 0. The van der Waals surface area contributed by atoms with Crippen molar-refractivity contribution in [2.24, 2.45) is 0 Å². The first kappa shape index (κ1) is 11.2. The maximum atomic E-state index is 4.94. The predicted octanol–water partition coefficient (Wildman–Crippen LogP) is 3.10. The first-order valence-corrected chi connectivity index (χ1v) is 7.31. The Kier molecular flexibility index (Phi) is 16.7. The van der Waals surface area contributed by atoms with Gasteiger partial charge in [0.2, 0.25) is 0 Å². The van der Waals surface area contributed by atoms with Crippen LogP contribution in [0.15, 0.2) is 0 Å². The van der Waals surface area contributed by atoms with Crippen molar-refractivity contribution in [3.8, 4) is 0 Å². The minimum atomic E-state index is -1.72. The molecule has 0 aliphatic heterocycles. The van der Waals surface area contributed by atoms with Crippen LogP contribution in [0.2, 0.25) is 0 Å². The summed E-state index contributed by atoms with van der Waals surface area (Å²) >= 11 is -1.72. The van der Waals surface area contributed by atoms with Gasteiger partial charge in [0, 0.05) is 0 Å². The lowest BCUT2D eigenvalue weighted by atomic mass is 10.6. The van der Waals surface area contributed by atoms with E-state index in [1.54, 1.807) is 0 Å². The van der Waals surface area contributed by atoms with Crippen LogP contribution in [0.3, 0.4) is 0 Å². The Labute approximate surface area is 61.8 Å². The highest BCUT2D eigenvalue weighted by Gasteiger charge is 2.00. The highest BCUT2D eigenvalue weighted by atomic mass is 35.8. The van der Waals surface area contributed by atoms with E-state index in [-0.39, 0.29) is 0 Å². The smallest absolute Gasteiger partial charge is 0.214 e. The molecule has 0 unspecified atom stereocenters. The van der Waals surface area contributed by atoms with Crippen molar-refractivity contribution in [3.63, 3.8) is 0 Å². The summed E-state index contributed by atoms with van der Waals surface area (Å²) in [6, 6.07) is 0. The van der Waals surface area contributed by atoms with Crippen LogP contribution in [0.25, 0.3) is 0 Å². The lowest BCUT2D eigenvalue weighted by Crippen LogP contribution is -1.66. The molecule has 0 N–H and O–H groups in total. The van der Waals surface area contributed by atoms with Crippen molar-refractivity contribution in [2.45, 2.75) is 20.3 Å². The fraction of sp³-hybridized carbons (Fsp3) is 1.00. The summed E-state index contributed by atoms with van der Waals surface area (Å²) in [4.78, 5) is 0. The van der Waals surface area contributed by atoms with Gasteiger partial charge in [-0.05, 0) is 0 Å². The Morgan fingerprint density at radius 2 is 1.14 bits per heavy atom. The molecular weight excluding hydrogens is 169 g/mol. The molecule has 44 valence electrons. The molecule has 0 bridgehead atoms. The predicted molar refractivity (Wildman–Crippen MR) is 39.3 cm³/mol. The second kappa shape index (κ2) is 10.4. The molecule has 4 heteroatoms. The molecule has 7 heavy (non-hydrogen) atoms. The molecule has 0 heterocycles. The zero-order valence-corrected chi connectivity index (χ0v) is 7.84. The Bertz CT molecular complexity index is 21.4. The molecule has 0 radical (unpaired) electrons. The molecule has 0 amide bonds. The summed E-state index contributed by atoms with van der Waals surface area (Å²) in [5.41, 5.74) is 0. The molecule has 0 saturated heterocycles. The number of rotatable bonds is 0. The maximum absolute atomic E-state index is 4.94. The molecule has 0 aromatic heterocycles. The molecule has 0 aliphatic carbocycles. The van der Waals surface area contributed by atoms with Gasteiger partial charge in [0.15, 0.2) is 0 Å². The van der Waals surface area contributed by atoms with Crippen molar-refractivity contribution in [1.29, 1.82) is 0 Å². The molecule has 0 saturated carbocycles. The van der Waals surface area contributed by atoms with Crippen molar-refractivity contribution in [3.05, 3.63) is 0 Å². The zero-order chi connectivity index (χ0) is 6.28. The Balaban J connectivity index is 0. The molecule has 0 spiro atoms. The van der Waals surface area contributed by atoms with E-state index in [1.807, 2.05) is 0 Å². The van der Waals surface area contributed by atoms with E-state index in [0.29, 0.717) is 0 Å². The topological polar surface area (TPSA) is 0 Å². The van der Waals surface area contributed by atoms with Gasteiger partial charge in [-0.1, -0.05) is 20.3 Å². The largest absolute Gasteiger partial charge is 0.643 e. The van der Waals surface area contributed by atoms with E-state index in [0.717, 1.165) is 0 Å². The first-order chi connectivity index (χ1) is 3.15. The average Bonchev–Trinajstić information content (AvgIpc) is 1.33. The highest BCUT2D eigenvalue weighted by Crippen LogP contribution is 1.97. The minimum Gasteiger partial charge on any atom is -0.214 e. The van der Waals surface area contributed by atoms with Gasteiger partial charge in [0.05, 0.1) is 0 Å². The third kappa shape index (κ3) is 110. The Hall–Kier alpha value is 1.40. The summed E-state index contributed by atoms with van der Waals surface area (Å²) in [5.74, 6) is 0. The van der Waals surface area contributed by atoms with E-state index in [1.165, 1.54) is 6.42 Å². The van der Waals surface area contributed by atoms with Gasteiger partial charge in [-0.3, -0.25) is 0 Å². The average molecular weight is 177 g/mol. The van der Waals surface area contributed by atoms with E-state index < -0.39 is 11.4 Å². The summed E-state index contributed by atoms with van der Waals surface area (Å²) in [6.07, 6.45) is 1.25. The number of halogens is 3. The lowest BCUT2D eigenvalue weighted by Gasteiger charge is -1.57. The number of hydrogen-bond acceptors (Lipinski definition) is 0. The molecule has 0 aromatic rings. The van der Waals surface area contributed by atoms with Gasteiger partial charge in [-0.25, -0.2) is 30.1 Å². The van der Waals surface area contributed by atoms with Crippen LogP contribution < -0.4 is 0 Å². The zero-order valence-electron chi connectivity index (χ0n) is 4.42. The molecule has 0 atom stereocenters. The SMILES string of the molecule is CCC.[Cl][Al]([Cl])[Cl]. The standard InChI is InChI=1S/C3H8.Al.3ClH/c1-3-2;;;;/h3H2,1-2H3;;3*1H/q;+3;;;/p-3. The fourth-order valence-electron chi connectivity index (χ4n) is 0. The van der Waals surface area contributed by atoms with Gasteiger partial charge < -0.3 is 0 Å². The van der Waals surface area contributed by atoms with Crippen LogP contribution in [0.1, 0.15) is 20.3 Å². The third-order valence-electron chi connectivity index (χ3n) is 0. The lowest BCUT2D eigenvalue weighted by molar-refractivity contribution is 1.09. The summed E-state index contributed by atoms with van der Waals surface area (Å²) in [7, 11) is 14.8. The van der Waals surface area contributed by atoms with Gasteiger partial charge in [-0.15, -0.1) is 0 Å². The van der Waals surface area contributed by atoms with Gasteiger partial charge in [0.25, 0.3) is 0 Å². The quantitative estimate of drug-likeness (QED) is 0.499. The third-order valence-corrected chi connectivity index (χ3v) is 0. The van der Waals surface area contributed by atoms with E-state index in [2.05, 4.69) is 13.8 Å². The summed E-state index contributed by atoms with van der Waals surface area (Å²) in [5, 5.41) is 0. The molecular formula is C3H8AlCl3. The first-order valence-electron chi connectivity index (χ1n) is 2.07. The van der Waals surface area contributed by atoms with Gasteiger partial charge in [0.1, 0.15) is 0 Å². The Morgan fingerprint density at radius 1 is 1.14 bits per heavy atom. The van der Waals surface area contributed by atoms with Crippen LogP contribution in [0.5, 0.6) is 0 Å².